The molecule has 0 aromatic heterocycles. The van der Waals surface area contributed by atoms with E-state index in [1.807, 2.05) is 0 Å². The fourth-order valence-corrected chi connectivity index (χ4v) is 2.78. The van der Waals surface area contributed by atoms with Crippen molar-refractivity contribution in [3.63, 3.8) is 0 Å². The van der Waals surface area contributed by atoms with Crippen LogP contribution in [0.2, 0.25) is 5.02 Å². The molecule has 0 aliphatic carbocycles. The molecule has 1 atom stereocenters. The first-order chi connectivity index (χ1) is 11.3. The average Bonchev–Trinajstić information content (AvgIpc) is 2.54. The second-order valence-corrected chi connectivity index (χ2v) is 6.13. The number of halogens is 3. The SMILES string of the molecule is CC(N)c1ccc2c(c1)C(F)(F)C=CN2C(=O)c1cccc(Cl)c1. The highest BCUT2D eigenvalue weighted by Crippen LogP contribution is 2.42. The van der Waals surface area contributed by atoms with Gasteiger partial charge in [0.1, 0.15) is 0 Å². The molecule has 0 fully saturated rings. The Morgan fingerprint density at radius 1 is 1.25 bits per heavy atom. The quantitative estimate of drug-likeness (QED) is 0.860. The molecule has 2 N–H and O–H groups in total. The van der Waals surface area contributed by atoms with Gasteiger partial charge in [-0.15, -0.1) is 0 Å². The number of alkyl halides is 2. The zero-order chi connectivity index (χ0) is 17.5. The fourth-order valence-electron chi connectivity index (χ4n) is 2.59. The summed E-state index contributed by atoms with van der Waals surface area (Å²) in [5.74, 6) is -3.59. The minimum Gasteiger partial charge on any atom is -0.324 e. The monoisotopic (exact) mass is 348 g/mol. The molecule has 1 aliphatic rings. The molecule has 1 unspecified atom stereocenters. The maximum atomic E-state index is 14.3. The van der Waals surface area contributed by atoms with Crippen LogP contribution in [0.4, 0.5) is 14.5 Å². The number of anilines is 1. The van der Waals surface area contributed by atoms with Gasteiger partial charge in [0.2, 0.25) is 0 Å². The molecule has 0 spiro atoms. The average molecular weight is 349 g/mol. The summed E-state index contributed by atoms with van der Waals surface area (Å²) >= 11 is 5.91. The Bertz CT molecular complexity index is 834. The predicted octanol–water partition coefficient (Wildman–Crippen LogP) is 4.63. The van der Waals surface area contributed by atoms with E-state index in [2.05, 4.69) is 0 Å². The Balaban J connectivity index is 2.08. The molecule has 2 aromatic rings. The molecule has 1 aliphatic heterocycles. The molecule has 0 radical (unpaired) electrons. The largest absolute Gasteiger partial charge is 0.324 e. The molecule has 24 heavy (non-hydrogen) atoms. The van der Waals surface area contributed by atoms with E-state index in [-0.39, 0.29) is 17.3 Å². The summed E-state index contributed by atoms with van der Waals surface area (Å²) in [5, 5.41) is 0.402. The molecular formula is C18H15ClF2N2O. The summed E-state index contributed by atoms with van der Waals surface area (Å²) in [5.41, 5.74) is 6.58. The number of benzene rings is 2. The summed E-state index contributed by atoms with van der Waals surface area (Å²) < 4.78 is 28.5. The van der Waals surface area contributed by atoms with Gasteiger partial charge in [-0.3, -0.25) is 9.69 Å². The number of fused-ring (bicyclic) bond motifs is 1. The van der Waals surface area contributed by atoms with Crippen molar-refractivity contribution in [2.45, 2.75) is 18.9 Å². The van der Waals surface area contributed by atoms with Crippen molar-refractivity contribution in [3.05, 3.63) is 76.5 Å². The lowest BCUT2D eigenvalue weighted by Crippen LogP contribution is -2.32. The lowest BCUT2D eigenvalue weighted by Gasteiger charge is -2.30. The third-order valence-electron chi connectivity index (χ3n) is 3.89. The van der Waals surface area contributed by atoms with E-state index in [0.717, 1.165) is 6.20 Å². The van der Waals surface area contributed by atoms with Crippen molar-refractivity contribution < 1.29 is 13.6 Å². The van der Waals surface area contributed by atoms with Crippen LogP contribution in [0.5, 0.6) is 0 Å². The lowest BCUT2D eigenvalue weighted by molar-refractivity contribution is 0.0505. The van der Waals surface area contributed by atoms with Crippen LogP contribution in [0.15, 0.2) is 54.7 Å². The van der Waals surface area contributed by atoms with Crippen molar-refractivity contribution in [1.29, 1.82) is 0 Å². The van der Waals surface area contributed by atoms with Gasteiger partial charge in [0.25, 0.3) is 11.8 Å². The van der Waals surface area contributed by atoms with Gasteiger partial charge in [0.15, 0.2) is 0 Å². The number of nitrogens with zero attached hydrogens (tertiary/aromatic N) is 1. The summed E-state index contributed by atoms with van der Waals surface area (Å²) in [7, 11) is 0. The highest BCUT2D eigenvalue weighted by atomic mass is 35.5. The Morgan fingerprint density at radius 3 is 2.67 bits per heavy atom. The Hall–Kier alpha value is -2.24. The van der Waals surface area contributed by atoms with Gasteiger partial charge >= 0.3 is 0 Å². The van der Waals surface area contributed by atoms with E-state index >= 15 is 0 Å². The van der Waals surface area contributed by atoms with Crippen LogP contribution < -0.4 is 10.6 Å². The lowest BCUT2D eigenvalue weighted by atomic mass is 9.96. The van der Waals surface area contributed by atoms with Gasteiger partial charge in [-0.2, -0.15) is 8.78 Å². The van der Waals surface area contributed by atoms with Gasteiger partial charge in [-0.05, 0) is 42.8 Å². The topological polar surface area (TPSA) is 46.3 Å². The van der Waals surface area contributed by atoms with Crippen LogP contribution in [0.1, 0.15) is 34.5 Å². The molecule has 6 heteroatoms. The van der Waals surface area contributed by atoms with Crippen LogP contribution in [0.3, 0.4) is 0 Å². The van der Waals surface area contributed by atoms with Gasteiger partial charge in [0.05, 0.1) is 5.69 Å². The van der Waals surface area contributed by atoms with Gasteiger partial charge in [0, 0.05) is 34.5 Å². The van der Waals surface area contributed by atoms with Crippen molar-refractivity contribution in [2.75, 3.05) is 4.90 Å². The fraction of sp³-hybridized carbons (Fsp3) is 0.167. The number of amides is 1. The molecule has 2 aromatic carbocycles. The summed E-state index contributed by atoms with van der Waals surface area (Å²) in [4.78, 5) is 13.9. The van der Waals surface area contributed by atoms with Crippen LogP contribution in [-0.2, 0) is 5.92 Å². The number of nitrogens with two attached hydrogens (primary N) is 1. The minimum absolute atomic E-state index is 0.136. The maximum absolute atomic E-state index is 14.3. The number of rotatable bonds is 2. The number of carbonyl (C=O) groups excluding carboxylic acids is 1. The van der Waals surface area contributed by atoms with E-state index in [4.69, 9.17) is 17.3 Å². The molecule has 124 valence electrons. The van der Waals surface area contributed by atoms with E-state index in [0.29, 0.717) is 22.2 Å². The smallest absolute Gasteiger partial charge is 0.295 e. The standard InChI is InChI=1S/C18H15ClF2N2O/c1-11(22)12-5-6-16-15(10-12)18(20,21)7-8-23(16)17(24)13-3-2-4-14(19)9-13/h2-11H,22H2,1H3. The predicted molar refractivity (Wildman–Crippen MR) is 90.3 cm³/mol. The number of hydrogen-bond acceptors (Lipinski definition) is 2. The zero-order valence-corrected chi connectivity index (χ0v) is 13.6. The molecule has 3 nitrogen and oxygen atoms in total. The Kier molecular flexibility index (Phi) is 4.15. The molecule has 3 rings (SSSR count). The van der Waals surface area contributed by atoms with E-state index in [1.54, 1.807) is 31.2 Å². The summed E-state index contributed by atoms with van der Waals surface area (Å²) in [6, 6.07) is 10.5. The van der Waals surface area contributed by atoms with Crippen molar-refractivity contribution in [3.8, 4) is 0 Å². The number of allylic oxidation sites excluding steroid dienone is 1. The number of hydrogen-bond donors (Lipinski definition) is 1. The first-order valence-corrected chi connectivity index (χ1v) is 7.74. The zero-order valence-electron chi connectivity index (χ0n) is 12.8. The highest BCUT2D eigenvalue weighted by Gasteiger charge is 2.37. The minimum atomic E-state index is -3.16. The van der Waals surface area contributed by atoms with Gasteiger partial charge in [-0.25, -0.2) is 0 Å². The normalized spacial score (nSPS) is 16.6. The number of carbonyl (C=O) groups is 1. The first-order valence-electron chi connectivity index (χ1n) is 7.36. The summed E-state index contributed by atoms with van der Waals surface area (Å²) in [6.07, 6.45) is 1.81. The first kappa shape index (κ1) is 16.6. The Morgan fingerprint density at radius 2 is 2.00 bits per heavy atom. The molecule has 0 bridgehead atoms. The van der Waals surface area contributed by atoms with Crippen LogP contribution in [-0.4, -0.2) is 5.91 Å². The second kappa shape index (κ2) is 6.00. The van der Waals surface area contributed by atoms with Crippen LogP contribution in [0.25, 0.3) is 0 Å². The third-order valence-corrected chi connectivity index (χ3v) is 4.12. The molecular weight excluding hydrogens is 334 g/mol. The van der Waals surface area contributed by atoms with Gasteiger partial charge < -0.3 is 5.73 Å². The highest BCUT2D eigenvalue weighted by molar-refractivity contribution is 6.31. The molecule has 1 amide bonds. The van der Waals surface area contributed by atoms with Gasteiger partial charge in [-0.1, -0.05) is 23.7 Å². The van der Waals surface area contributed by atoms with Crippen molar-refractivity contribution in [2.24, 2.45) is 5.73 Å². The van der Waals surface area contributed by atoms with Crippen molar-refractivity contribution in [1.82, 2.24) is 0 Å². The second-order valence-electron chi connectivity index (χ2n) is 5.69. The van der Waals surface area contributed by atoms with Crippen molar-refractivity contribution >= 4 is 23.2 Å². The molecule has 1 heterocycles. The molecule has 0 saturated heterocycles. The van der Waals surface area contributed by atoms with E-state index in [1.165, 1.54) is 23.1 Å². The maximum Gasteiger partial charge on any atom is 0.295 e. The summed E-state index contributed by atoms with van der Waals surface area (Å²) in [6.45, 7) is 1.72. The van der Waals surface area contributed by atoms with E-state index in [9.17, 15) is 13.6 Å². The molecule has 0 saturated carbocycles. The Labute approximate surface area is 143 Å². The van der Waals surface area contributed by atoms with E-state index < -0.39 is 11.8 Å². The third kappa shape index (κ3) is 2.92. The van der Waals surface area contributed by atoms with Crippen LogP contribution in [0, 0.1) is 0 Å². The van der Waals surface area contributed by atoms with Crippen LogP contribution >= 0.6 is 11.6 Å².